The number of hydrogen-bond acceptors (Lipinski definition) is 4. The van der Waals surface area contributed by atoms with E-state index in [0.717, 1.165) is 15.6 Å². The van der Waals surface area contributed by atoms with Crippen LogP contribution in [0.25, 0.3) is 0 Å². The van der Waals surface area contributed by atoms with Crippen LogP contribution in [-0.2, 0) is 17.9 Å². The molecule has 5 nitrogen and oxygen atoms in total. The van der Waals surface area contributed by atoms with Gasteiger partial charge in [0.05, 0.1) is 7.11 Å². The molecular weight excluding hydrogens is 398 g/mol. The summed E-state index contributed by atoms with van der Waals surface area (Å²) in [5, 5.41) is 12.5. The van der Waals surface area contributed by atoms with Crippen molar-refractivity contribution in [1.29, 1.82) is 0 Å². The van der Waals surface area contributed by atoms with E-state index in [4.69, 9.17) is 9.47 Å². The highest BCUT2D eigenvalue weighted by atomic mass is 79.9. The molecule has 2 rings (SSSR count). The van der Waals surface area contributed by atoms with Crippen molar-refractivity contribution >= 4 is 21.9 Å². The number of methoxy groups -OCH3 is 1. The van der Waals surface area contributed by atoms with Crippen LogP contribution >= 0.6 is 15.9 Å². The van der Waals surface area contributed by atoms with E-state index in [1.807, 2.05) is 56.3 Å². The first-order valence-corrected chi connectivity index (χ1v) is 9.21. The molecule has 2 aromatic rings. The highest BCUT2D eigenvalue weighted by Gasteiger charge is 2.22. The molecule has 6 heteroatoms. The van der Waals surface area contributed by atoms with Gasteiger partial charge in [0.2, 0.25) is 0 Å². The second-order valence-electron chi connectivity index (χ2n) is 6.31. The molecule has 0 saturated carbocycles. The molecule has 0 heterocycles. The van der Waals surface area contributed by atoms with Crippen molar-refractivity contribution in [2.75, 3.05) is 7.11 Å². The van der Waals surface area contributed by atoms with Gasteiger partial charge in [-0.3, -0.25) is 10.1 Å². The maximum atomic E-state index is 11.4. The summed E-state index contributed by atoms with van der Waals surface area (Å²) in [4.78, 5) is 11.4. The van der Waals surface area contributed by atoms with Gasteiger partial charge in [-0.1, -0.05) is 60.1 Å². The van der Waals surface area contributed by atoms with Crippen LogP contribution in [0.5, 0.6) is 11.5 Å². The Kier molecular flexibility index (Phi) is 7.48. The Bertz CT molecular complexity index is 734. The van der Waals surface area contributed by atoms with E-state index in [2.05, 4.69) is 21.2 Å². The summed E-state index contributed by atoms with van der Waals surface area (Å²) < 4.78 is 12.3. The first kappa shape index (κ1) is 20.3. The molecule has 0 spiro atoms. The lowest BCUT2D eigenvalue weighted by molar-refractivity contribution is -0.140. The molecule has 0 radical (unpaired) electrons. The van der Waals surface area contributed by atoms with Gasteiger partial charge < -0.3 is 14.6 Å². The predicted octanol–water partition coefficient (Wildman–Crippen LogP) is 4.24. The molecule has 0 bridgehead atoms. The summed E-state index contributed by atoms with van der Waals surface area (Å²) in [7, 11) is 1.59. The van der Waals surface area contributed by atoms with Crippen molar-refractivity contribution in [1.82, 2.24) is 5.32 Å². The monoisotopic (exact) mass is 421 g/mol. The molecule has 140 valence electrons. The normalized spacial score (nSPS) is 12.0. The molecular formula is C20H24BrNO4. The maximum absolute atomic E-state index is 11.4. The highest BCUT2D eigenvalue weighted by molar-refractivity contribution is 9.10. The van der Waals surface area contributed by atoms with E-state index in [1.54, 1.807) is 7.11 Å². The smallest absolute Gasteiger partial charge is 0.320 e. The molecule has 0 aliphatic rings. The van der Waals surface area contributed by atoms with Crippen LogP contribution in [0.1, 0.15) is 25.0 Å². The summed E-state index contributed by atoms with van der Waals surface area (Å²) in [6, 6.07) is 13.0. The van der Waals surface area contributed by atoms with Crippen LogP contribution in [0.15, 0.2) is 46.9 Å². The first-order valence-electron chi connectivity index (χ1n) is 8.41. The Balaban J connectivity index is 2.23. The zero-order valence-corrected chi connectivity index (χ0v) is 16.7. The van der Waals surface area contributed by atoms with E-state index in [9.17, 15) is 9.90 Å². The van der Waals surface area contributed by atoms with Crippen molar-refractivity contribution in [3.8, 4) is 11.5 Å². The summed E-state index contributed by atoms with van der Waals surface area (Å²) in [5.74, 6) is 0.312. The van der Waals surface area contributed by atoms with Crippen molar-refractivity contribution < 1.29 is 19.4 Å². The number of ether oxygens (including phenoxy) is 2. The third-order valence-corrected chi connectivity index (χ3v) is 4.45. The van der Waals surface area contributed by atoms with Crippen LogP contribution in [0.3, 0.4) is 0 Å². The Morgan fingerprint density at radius 2 is 1.92 bits per heavy atom. The van der Waals surface area contributed by atoms with Crippen molar-refractivity contribution in [2.45, 2.75) is 33.0 Å². The lowest BCUT2D eigenvalue weighted by atomic mass is 10.0. The molecule has 0 amide bonds. The first-order chi connectivity index (χ1) is 12.4. The fourth-order valence-corrected chi connectivity index (χ4v) is 3.11. The van der Waals surface area contributed by atoms with Gasteiger partial charge in [-0.15, -0.1) is 0 Å². The van der Waals surface area contributed by atoms with Gasteiger partial charge >= 0.3 is 5.97 Å². The number of benzene rings is 2. The molecule has 0 fully saturated rings. The Hall–Kier alpha value is -2.05. The summed E-state index contributed by atoms with van der Waals surface area (Å²) in [6.07, 6.45) is 0. The molecule has 2 aromatic carbocycles. The lowest BCUT2D eigenvalue weighted by Crippen LogP contribution is -2.40. The second-order valence-corrected chi connectivity index (χ2v) is 7.23. The van der Waals surface area contributed by atoms with Crippen LogP contribution in [0.4, 0.5) is 0 Å². The van der Waals surface area contributed by atoms with Crippen LogP contribution < -0.4 is 14.8 Å². The topological polar surface area (TPSA) is 67.8 Å². The minimum absolute atomic E-state index is 0.0322. The molecule has 26 heavy (non-hydrogen) atoms. The third-order valence-electron chi connectivity index (χ3n) is 3.99. The fraction of sp³-hybridized carbons (Fsp3) is 0.350. The lowest BCUT2D eigenvalue weighted by Gasteiger charge is -2.20. The minimum atomic E-state index is -0.867. The summed E-state index contributed by atoms with van der Waals surface area (Å²) >= 11 is 3.47. The molecule has 0 aliphatic heterocycles. The van der Waals surface area contributed by atoms with Gasteiger partial charge in [0.15, 0.2) is 11.5 Å². The van der Waals surface area contributed by atoms with Gasteiger partial charge in [0.1, 0.15) is 12.6 Å². The van der Waals surface area contributed by atoms with Crippen LogP contribution in [0.2, 0.25) is 0 Å². The number of rotatable bonds is 9. The molecule has 0 aliphatic carbocycles. The number of carboxylic acid groups (broad SMARTS) is 1. The number of hydrogen-bond donors (Lipinski definition) is 2. The van der Waals surface area contributed by atoms with E-state index < -0.39 is 12.0 Å². The van der Waals surface area contributed by atoms with Crippen molar-refractivity contribution in [3.05, 3.63) is 58.1 Å². The number of nitrogens with one attached hydrogen (secondary N) is 1. The molecule has 2 N–H and O–H groups in total. The van der Waals surface area contributed by atoms with Gasteiger partial charge in [-0.05, 0) is 23.6 Å². The molecule has 0 aromatic heterocycles. The number of halogens is 1. The molecule has 1 atom stereocenters. The summed E-state index contributed by atoms with van der Waals surface area (Å²) in [6.45, 7) is 4.51. The summed E-state index contributed by atoms with van der Waals surface area (Å²) in [5.41, 5.74) is 1.88. The Morgan fingerprint density at radius 1 is 1.23 bits per heavy atom. The number of carbonyl (C=O) groups is 1. The average Bonchev–Trinajstić information content (AvgIpc) is 2.60. The largest absolute Gasteiger partial charge is 0.493 e. The maximum Gasteiger partial charge on any atom is 0.320 e. The van der Waals surface area contributed by atoms with E-state index in [1.165, 1.54) is 0 Å². The van der Waals surface area contributed by atoms with Gasteiger partial charge in [-0.25, -0.2) is 0 Å². The van der Waals surface area contributed by atoms with Crippen LogP contribution in [0, 0.1) is 5.92 Å². The van der Waals surface area contributed by atoms with Crippen LogP contribution in [-0.4, -0.2) is 24.2 Å². The molecule has 0 saturated heterocycles. The minimum Gasteiger partial charge on any atom is -0.493 e. The zero-order valence-electron chi connectivity index (χ0n) is 15.2. The number of aliphatic carboxylic acids is 1. The van der Waals surface area contributed by atoms with E-state index in [0.29, 0.717) is 24.7 Å². The fourth-order valence-electron chi connectivity index (χ4n) is 2.63. The third kappa shape index (κ3) is 5.47. The standard InChI is InChI=1S/C20H24BrNO4/c1-13(2)18(20(23)24)22-11-15-9-16(21)10-17(25-3)19(15)26-12-14-7-5-4-6-8-14/h4-10,13,18,22H,11-12H2,1-3H3,(H,23,24). The predicted molar refractivity (Wildman–Crippen MR) is 105 cm³/mol. The van der Waals surface area contributed by atoms with Gasteiger partial charge in [0, 0.05) is 16.6 Å². The number of carboxylic acids is 1. The highest BCUT2D eigenvalue weighted by Crippen LogP contribution is 2.35. The van der Waals surface area contributed by atoms with Gasteiger partial charge in [-0.2, -0.15) is 0 Å². The van der Waals surface area contributed by atoms with E-state index >= 15 is 0 Å². The zero-order chi connectivity index (χ0) is 19.1. The second kappa shape index (κ2) is 9.59. The quantitative estimate of drug-likeness (QED) is 0.633. The SMILES string of the molecule is COc1cc(Br)cc(CNC(C(=O)O)C(C)C)c1OCc1ccccc1. The average molecular weight is 422 g/mol. The van der Waals surface area contributed by atoms with Crippen molar-refractivity contribution in [2.24, 2.45) is 5.92 Å². The molecule has 1 unspecified atom stereocenters. The Labute approximate surface area is 162 Å². The van der Waals surface area contributed by atoms with Gasteiger partial charge in [0.25, 0.3) is 0 Å². The van der Waals surface area contributed by atoms with Crippen molar-refractivity contribution in [3.63, 3.8) is 0 Å². The Morgan fingerprint density at radius 3 is 2.50 bits per heavy atom. The van der Waals surface area contributed by atoms with E-state index in [-0.39, 0.29) is 5.92 Å².